The smallest absolute Gasteiger partial charge is 0.191 e. The van der Waals surface area contributed by atoms with E-state index >= 15 is 0 Å². The molecule has 1 aliphatic rings. The Balaban J connectivity index is 2.31. The van der Waals surface area contributed by atoms with Crippen molar-refractivity contribution in [2.75, 3.05) is 26.2 Å². The summed E-state index contributed by atoms with van der Waals surface area (Å²) in [5, 5.41) is 0. The molecule has 0 aliphatic carbocycles. The maximum atomic E-state index is 6.12. The third kappa shape index (κ3) is 6.12. The molecule has 20 heavy (non-hydrogen) atoms. The van der Waals surface area contributed by atoms with Crippen molar-refractivity contribution < 1.29 is 0 Å². The zero-order chi connectivity index (χ0) is 15.0. The van der Waals surface area contributed by atoms with E-state index in [1.165, 1.54) is 25.7 Å². The lowest BCUT2D eigenvalue weighted by Crippen LogP contribution is -2.39. The van der Waals surface area contributed by atoms with Crippen molar-refractivity contribution in [3.05, 3.63) is 0 Å². The van der Waals surface area contributed by atoms with Crippen LogP contribution in [0.25, 0.3) is 0 Å². The molecule has 0 aromatic rings. The van der Waals surface area contributed by atoms with Crippen LogP contribution >= 0.6 is 0 Å². The van der Waals surface area contributed by atoms with E-state index in [9.17, 15) is 0 Å². The van der Waals surface area contributed by atoms with Crippen LogP contribution < -0.4 is 5.73 Å². The van der Waals surface area contributed by atoms with Crippen LogP contribution in [0, 0.1) is 0 Å². The number of rotatable bonds is 6. The molecule has 0 spiro atoms. The van der Waals surface area contributed by atoms with Gasteiger partial charge in [-0.2, -0.15) is 0 Å². The first kappa shape index (κ1) is 17.3. The van der Waals surface area contributed by atoms with E-state index in [-0.39, 0.29) is 0 Å². The van der Waals surface area contributed by atoms with Gasteiger partial charge in [-0.25, -0.2) is 0 Å². The number of hydrogen-bond acceptors (Lipinski definition) is 2. The highest BCUT2D eigenvalue weighted by atomic mass is 15.2. The van der Waals surface area contributed by atoms with Crippen molar-refractivity contribution in [1.82, 2.24) is 9.80 Å². The highest BCUT2D eigenvalue weighted by Crippen LogP contribution is 2.09. The molecule has 0 amide bonds. The van der Waals surface area contributed by atoms with E-state index in [0.29, 0.717) is 12.1 Å². The average molecular weight is 282 g/mol. The van der Waals surface area contributed by atoms with Crippen LogP contribution in [0.3, 0.4) is 0 Å². The molecular formula is C16H34N4. The first-order valence-electron chi connectivity index (χ1n) is 8.33. The molecule has 1 fully saturated rings. The third-order valence-corrected chi connectivity index (χ3v) is 4.10. The van der Waals surface area contributed by atoms with E-state index < -0.39 is 0 Å². The lowest BCUT2D eigenvalue weighted by Gasteiger charge is -2.30. The van der Waals surface area contributed by atoms with Gasteiger partial charge in [0.05, 0.1) is 0 Å². The fraction of sp³-hybridized carbons (Fsp3) is 0.938. The standard InChI is InChI=1S/C16H34N4/c1-14(2)20(15(3)4)13-9-10-18-16(17)19-11-7-5-6-8-12-19/h14-15H,5-13H2,1-4H3,(H2,17,18). The van der Waals surface area contributed by atoms with Gasteiger partial charge in [-0.15, -0.1) is 0 Å². The number of guanidine groups is 1. The highest BCUT2D eigenvalue weighted by Gasteiger charge is 2.13. The van der Waals surface area contributed by atoms with Crippen molar-refractivity contribution in [3.8, 4) is 0 Å². The lowest BCUT2D eigenvalue weighted by atomic mass is 10.2. The summed E-state index contributed by atoms with van der Waals surface area (Å²) >= 11 is 0. The van der Waals surface area contributed by atoms with Crippen LogP contribution in [0.5, 0.6) is 0 Å². The van der Waals surface area contributed by atoms with Gasteiger partial charge in [-0.3, -0.25) is 9.89 Å². The van der Waals surface area contributed by atoms with Crippen molar-refractivity contribution in [1.29, 1.82) is 0 Å². The predicted molar refractivity (Wildman–Crippen MR) is 88.1 cm³/mol. The monoisotopic (exact) mass is 282 g/mol. The van der Waals surface area contributed by atoms with Crippen molar-refractivity contribution in [2.24, 2.45) is 10.7 Å². The van der Waals surface area contributed by atoms with E-state index in [1.54, 1.807) is 0 Å². The zero-order valence-electron chi connectivity index (χ0n) is 13.9. The molecule has 0 aromatic carbocycles. The SMILES string of the molecule is CC(C)N(CCCN=C(N)N1CCCCCC1)C(C)C. The van der Waals surface area contributed by atoms with Crippen LogP contribution in [0.4, 0.5) is 0 Å². The average Bonchev–Trinajstić information content (AvgIpc) is 2.66. The zero-order valence-corrected chi connectivity index (χ0v) is 13.9. The van der Waals surface area contributed by atoms with Gasteiger partial charge < -0.3 is 10.6 Å². The Labute approximate surface area is 125 Å². The molecule has 4 heteroatoms. The summed E-state index contributed by atoms with van der Waals surface area (Å²) in [5.74, 6) is 0.757. The van der Waals surface area contributed by atoms with Gasteiger partial charge in [0.2, 0.25) is 0 Å². The number of hydrogen-bond donors (Lipinski definition) is 1. The first-order chi connectivity index (χ1) is 9.52. The van der Waals surface area contributed by atoms with Gasteiger partial charge >= 0.3 is 0 Å². The lowest BCUT2D eigenvalue weighted by molar-refractivity contribution is 0.174. The molecular weight excluding hydrogens is 248 g/mol. The molecule has 1 aliphatic heterocycles. The first-order valence-corrected chi connectivity index (χ1v) is 8.33. The van der Waals surface area contributed by atoms with Crippen LogP contribution in [-0.2, 0) is 0 Å². The molecule has 118 valence electrons. The number of likely N-dealkylation sites (tertiary alicyclic amines) is 1. The van der Waals surface area contributed by atoms with Crippen LogP contribution in [-0.4, -0.2) is 54.0 Å². The second-order valence-corrected chi connectivity index (χ2v) is 6.42. The Morgan fingerprint density at radius 2 is 1.60 bits per heavy atom. The number of nitrogens with zero attached hydrogens (tertiary/aromatic N) is 3. The molecule has 0 saturated carbocycles. The molecule has 0 unspecified atom stereocenters. The van der Waals surface area contributed by atoms with Gasteiger partial charge in [0, 0.05) is 38.3 Å². The number of nitrogens with two attached hydrogens (primary N) is 1. The maximum Gasteiger partial charge on any atom is 0.191 e. The van der Waals surface area contributed by atoms with E-state index in [0.717, 1.165) is 38.6 Å². The van der Waals surface area contributed by atoms with Crippen molar-refractivity contribution in [2.45, 2.75) is 71.9 Å². The quantitative estimate of drug-likeness (QED) is 0.463. The Hall–Kier alpha value is -0.770. The minimum Gasteiger partial charge on any atom is -0.370 e. The Bertz CT molecular complexity index is 270. The van der Waals surface area contributed by atoms with Gasteiger partial charge in [0.1, 0.15) is 0 Å². The summed E-state index contributed by atoms with van der Waals surface area (Å²) < 4.78 is 0. The van der Waals surface area contributed by atoms with Crippen LogP contribution in [0.2, 0.25) is 0 Å². The van der Waals surface area contributed by atoms with Gasteiger partial charge in [-0.1, -0.05) is 12.8 Å². The molecule has 1 heterocycles. The molecule has 0 atom stereocenters. The fourth-order valence-electron chi connectivity index (χ4n) is 2.96. The summed E-state index contributed by atoms with van der Waals surface area (Å²) in [7, 11) is 0. The van der Waals surface area contributed by atoms with E-state index in [1.807, 2.05) is 0 Å². The van der Waals surface area contributed by atoms with Gasteiger partial charge in [-0.05, 0) is 47.0 Å². The molecule has 0 bridgehead atoms. The summed E-state index contributed by atoms with van der Waals surface area (Å²) in [6, 6.07) is 1.20. The normalized spacial score (nSPS) is 18.1. The molecule has 2 N–H and O–H groups in total. The van der Waals surface area contributed by atoms with E-state index in [4.69, 9.17) is 5.73 Å². The molecule has 0 aromatic heterocycles. The molecule has 1 saturated heterocycles. The summed E-state index contributed by atoms with van der Waals surface area (Å²) in [6.45, 7) is 13.1. The van der Waals surface area contributed by atoms with Crippen molar-refractivity contribution in [3.63, 3.8) is 0 Å². The molecule has 4 nitrogen and oxygen atoms in total. The fourth-order valence-corrected chi connectivity index (χ4v) is 2.96. The second-order valence-electron chi connectivity index (χ2n) is 6.42. The van der Waals surface area contributed by atoms with E-state index in [2.05, 4.69) is 42.5 Å². The minimum absolute atomic E-state index is 0.599. The van der Waals surface area contributed by atoms with Crippen LogP contribution in [0.15, 0.2) is 4.99 Å². The highest BCUT2D eigenvalue weighted by molar-refractivity contribution is 5.78. The Kier molecular flexibility index (Phi) is 7.97. The maximum absolute atomic E-state index is 6.12. The third-order valence-electron chi connectivity index (χ3n) is 4.10. The van der Waals surface area contributed by atoms with Gasteiger partial charge in [0.25, 0.3) is 0 Å². The largest absolute Gasteiger partial charge is 0.370 e. The Morgan fingerprint density at radius 1 is 1.05 bits per heavy atom. The second kappa shape index (κ2) is 9.22. The summed E-state index contributed by atoms with van der Waals surface area (Å²) in [4.78, 5) is 9.34. The topological polar surface area (TPSA) is 44.9 Å². The summed E-state index contributed by atoms with van der Waals surface area (Å²) in [5.41, 5.74) is 6.12. The minimum atomic E-state index is 0.599. The van der Waals surface area contributed by atoms with Crippen LogP contribution in [0.1, 0.15) is 59.8 Å². The Morgan fingerprint density at radius 3 is 2.10 bits per heavy atom. The molecule has 0 radical (unpaired) electrons. The van der Waals surface area contributed by atoms with Gasteiger partial charge in [0.15, 0.2) is 5.96 Å². The van der Waals surface area contributed by atoms with Crippen molar-refractivity contribution >= 4 is 5.96 Å². The summed E-state index contributed by atoms with van der Waals surface area (Å²) in [6.07, 6.45) is 6.27. The predicted octanol–water partition coefficient (Wildman–Crippen LogP) is 2.69. The molecule has 1 rings (SSSR count). The number of aliphatic imine (C=N–C) groups is 1.